The van der Waals surface area contributed by atoms with Gasteiger partial charge in [-0.2, -0.15) is 9.78 Å². The van der Waals surface area contributed by atoms with Crippen molar-refractivity contribution in [1.82, 2.24) is 20.0 Å². The van der Waals surface area contributed by atoms with Crippen LogP contribution in [0.25, 0.3) is 5.82 Å². The van der Waals surface area contributed by atoms with E-state index in [1.165, 1.54) is 0 Å². The molecule has 3 heterocycles. The van der Waals surface area contributed by atoms with Gasteiger partial charge in [-0.1, -0.05) is 41.9 Å². The summed E-state index contributed by atoms with van der Waals surface area (Å²) < 4.78 is 1.61. The molecule has 0 unspecified atom stereocenters. The van der Waals surface area contributed by atoms with E-state index in [9.17, 15) is 4.79 Å². The van der Waals surface area contributed by atoms with Crippen LogP contribution >= 0.6 is 11.6 Å². The lowest BCUT2D eigenvalue weighted by atomic mass is 9.86. The van der Waals surface area contributed by atoms with Crippen LogP contribution in [-0.2, 0) is 4.79 Å². The van der Waals surface area contributed by atoms with E-state index in [1.54, 1.807) is 16.8 Å². The lowest BCUT2D eigenvalue weighted by Gasteiger charge is -2.24. The molecule has 0 fully saturated rings. The van der Waals surface area contributed by atoms with Crippen LogP contribution < -0.4 is 5.32 Å². The highest BCUT2D eigenvalue weighted by Gasteiger charge is 2.32. The second-order valence-electron chi connectivity index (χ2n) is 5.69. The predicted molar refractivity (Wildman–Crippen MR) is 90.4 cm³/mol. The molecule has 0 bridgehead atoms. The number of aryl methyl sites for hydroxylation is 1. The third-order valence-corrected chi connectivity index (χ3v) is 4.34. The fourth-order valence-electron chi connectivity index (χ4n) is 3.10. The Balaban J connectivity index is 1.87. The van der Waals surface area contributed by atoms with Gasteiger partial charge in [-0.15, -0.1) is 10.2 Å². The van der Waals surface area contributed by atoms with Crippen LogP contribution in [0, 0.1) is 6.92 Å². The average Bonchev–Trinajstić information content (AvgIpc) is 2.92. The normalized spacial score (nSPS) is 16.6. The molecule has 0 aliphatic carbocycles. The Morgan fingerprint density at radius 1 is 1.17 bits per heavy atom. The molecule has 7 heteroatoms. The lowest BCUT2D eigenvalue weighted by Crippen LogP contribution is -2.25. The third-order valence-electron chi connectivity index (χ3n) is 4.14. The molecule has 0 radical (unpaired) electrons. The van der Waals surface area contributed by atoms with Crippen molar-refractivity contribution in [3.8, 4) is 5.82 Å². The molecular formula is C17H14ClN5O. The van der Waals surface area contributed by atoms with E-state index in [0.717, 1.165) is 16.8 Å². The van der Waals surface area contributed by atoms with E-state index in [0.29, 0.717) is 23.2 Å². The van der Waals surface area contributed by atoms with Crippen LogP contribution in [0.4, 0.5) is 5.82 Å². The van der Waals surface area contributed by atoms with Gasteiger partial charge in [-0.25, -0.2) is 0 Å². The summed E-state index contributed by atoms with van der Waals surface area (Å²) in [5, 5.41) is 15.7. The minimum atomic E-state index is -0.0422. The van der Waals surface area contributed by atoms with Gasteiger partial charge in [0.25, 0.3) is 0 Å². The van der Waals surface area contributed by atoms with Crippen LogP contribution in [0.3, 0.4) is 0 Å². The minimum absolute atomic E-state index is 0.0241. The van der Waals surface area contributed by atoms with E-state index < -0.39 is 0 Å². The molecule has 120 valence electrons. The summed E-state index contributed by atoms with van der Waals surface area (Å²) in [6, 6.07) is 13.4. The number of carbonyl (C=O) groups is 1. The summed E-state index contributed by atoms with van der Waals surface area (Å²) in [5.74, 6) is 1.09. The number of benzene rings is 1. The fourth-order valence-corrected chi connectivity index (χ4v) is 3.21. The summed E-state index contributed by atoms with van der Waals surface area (Å²) >= 11 is 5.80. The van der Waals surface area contributed by atoms with Crippen molar-refractivity contribution in [3.63, 3.8) is 0 Å². The maximum Gasteiger partial charge on any atom is 0.226 e. The van der Waals surface area contributed by atoms with Gasteiger partial charge in [0.2, 0.25) is 5.91 Å². The van der Waals surface area contributed by atoms with Gasteiger partial charge < -0.3 is 5.32 Å². The van der Waals surface area contributed by atoms with Crippen molar-refractivity contribution in [1.29, 1.82) is 0 Å². The van der Waals surface area contributed by atoms with Crippen molar-refractivity contribution in [2.24, 2.45) is 0 Å². The maximum absolute atomic E-state index is 12.2. The van der Waals surface area contributed by atoms with Gasteiger partial charge in [0.15, 0.2) is 11.0 Å². The molecule has 1 amide bonds. The Labute approximate surface area is 143 Å². The summed E-state index contributed by atoms with van der Waals surface area (Å²) in [6.45, 7) is 1.94. The van der Waals surface area contributed by atoms with E-state index in [1.807, 2.05) is 37.3 Å². The van der Waals surface area contributed by atoms with Crippen LogP contribution in [0.5, 0.6) is 0 Å². The zero-order chi connectivity index (χ0) is 16.7. The zero-order valence-electron chi connectivity index (χ0n) is 12.9. The number of rotatable bonds is 2. The fraction of sp³-hybridized carbons (Fsp3) is 0.176. The smallest absolute Gasteiger partial charge is 0.226 e. The van der Waals surface area contributed by atoms with Gasteiger partial charge in [0.1, 0.15) is 5.82 Å². The summed E-state index contributed by atoms with van der Waals surface area (Å²) in [7, 11) is 0. The first-order chi connectivity index (χ1) is 11.6. The molecule has 1 aromatic carbocycles. The van der Waals surface area contributed by atoms with E-state index in [2.05, 4.69) is 20.6 Å². The largest absolute Gasteiger partial charge is 0.310 e. The molecule has 1 N–H and O–H groups in total. The second-order valence-corrected chi connectivity index (χ2v) is 6.08. The van der Waals surface area contributed by atoms with Crippen molar-refractivity contribution in [2.75, 3.05) is 5.32 Å². The average molecular weight is 340 g/mol. The molecule has 4 rings (SSSR count). The van der Waals surface area contributed by atoms with Crippen LogP contribution in [0.1, 0.15) is 29.2 Å². The Kier molecular flexibility index (Phi) is 3.54. The highest BCUT2D eigenvalue weighted by atomic mass is 35.5. The topological polar surface area (TPSA) is 72.7 Å². The van der Waals surface area contributed by atoms with Gasteiger partial charge in [0.05, 0.1) is 5.69 Å². The number of amides is 1. The van der Waals surface area contributed by atoms with E-state index in [-0.39, 0.29) is 11.8 Å². The standard InChI is InChI=1S/C17H14ClN5O/c1-10-16-12(11-5-3-2-4-6-11)9-15(24)19-17(16)23(22-10)14-8-7-13(18)20-21-14/h2-8,12H,9H2,1H3,(H,19,24)/t12-/m1/s1. The quantitative estimate of drug-likeness (QED) is 0.778. The first-order valence-corrected chi connectivity index (χ1v) is 7.95. The van der Waals surface area contributed by atoms with Gasteiger partial charge in [0, 0.05) is 17.9 Å². The van der Waals surface area contributed by atoms with E-state index in [4.69, 9.17) is 11.6 Å². The summed E-state index contributed by atoms with van der Waals surface area (Å²) in [5.41, 5.74) is 2.96. The molecule has 6 nitrogen and oxygen atoms in total. The molecular weight excluding hydrogens is 326 g/mol. The Bertz CT molecular complexity index is 905. The number of fused-ring (bicyclic) bond motifs is 1. The SMILES string of the molecule is Cc1nn(-c2ccc(Cl)nn2)c2c1[C@@H](c1ccccc1)CC(=O)N2. The second kappa shape index (κ2) is 5.72. The molecule has 0 saturated carbocycles. The number of hydrogen-bond donors (Lipinski definition) is 1. The number of halogens is 1. The van der Waals surface area contributed by atoms with Crippen LogP contribution in [0.15, 0.2) is 42.5 Å². The number of anilines is 1. The first-order valence-electron chi connectivity index (χ1n) is 7.57. The van der Waals surface area contributed by atoms with Crippen molar-refractivity contribution in [2.45, 2.75) is 19.3 Å². The number of hydrogen-bond acceptors (Lipinski definition) is 4. The molecule has 1 atom stereocenters. The Morgan fingerprint density at radius 3 is 2.67 bits per heavy atom. The highest BCUT2D eigenvalue weighted by Crippen LogP contribution is 2.39. The monoisotopic (exact) mass is 339 g/mol. The number of nitrogens with zero attached hydrogens (tertiary/aromatic N) is 4. The third kappa shape index (κ3) is 2.45. The highest BCUT2D eigenvalue weighted by molar-refractivity contribution is 6.29. The Hall–Kier alpha value is -2.73. The van der Waals surface area contributed by atoms with E-state index >= 15 is 0 Å². The molecule has 2 aromatic heterocycles. The Morgan fingerprint density at radius 2 is 1.96 bits per heavy atom. The molecule has 24 heavy (non-hydrogen) atoms. The number of aromatic nitrogens is 4. The number of nitrogens with one attached hydrogen (secondary N) is 1. The van der Waals surface area contributed by atoms with Gasteiger partial charge in [-0.05, 0) is 24.6 Å². The molecule has 1 aliphatic rings. The molecule has 3 aromatic rings. The first kappa shape index (κ1) is 14.8. The van der Waals surface area contributed by atoms with Crippen LogP contribution in [-0.4, -0.2) is 25.9 Å². The minimum Gasteiger partial charge on any atom is -0.310 e. The van der Waals surface area contributed by atoms with Crippen molar-refractivity contribution >= 4 is 23.3 Å². The predicted octanol–water partition coefficient (Wildman–Crippen LogP) is 3.10. The lowest BCUT2D eigenvalue weighted by molar-refractivity contribution is -0.116. The molecule has 1 aliphatic heterocycles. The van der Waals surface area contributed by atoms with Gasteiger partial charge in [-0.3, -0.25) is 4.79 Å². The maximum atomic E-state index is 12.2. The van der Waals surface area contributed by atoms with Crippen molar-refractivity contribution in [3.05, 3.63) is 64.4 Å². The molecule has 0 spiro atoms. The number of carbonyl (C=O) groups excluding carboxylic acids is 1. The van der Waals surface area contributed by atoms with Gasteiger partial charge >= 0.3 is 0 Å². The van der Waals surface area contributed by atoms with Crippen molar-refractivity contribution < 1.29 is 4.79 Å². The summed E-state index contributed by atoms with van der Waals surface area (Å²) in [6.07, 6.45) is 0.399. The zero-order valence-corrected chi connectivity index (χ0v) is 13.7. The van der Waals surface area contributed by atoms with Crippen LogP contribution in [0.2, 0.25) is 5.15 Å². The molecule has 0 saturated heterocycles. The summed E-state index contributed by atoms with van der Waals surface area (Å²) in [4.78, 5) is 12.2.